The maximum absolute atomic E-state index is 10.8. The Bertz CT molecular complexity index is 882. The topological polar surface area (TPSA) is 43.1 Å². The van der Waals surface area contributed by atoms with Gasteiger partial charge >= 0.3 is 0 Å². The molecule has 1 aliphatic rings. The summed E-state index contributed by atoms with van der Waals surface area (Å²) in [4.78, 5) is 10.4. The summed E-state index contributed by atoms with van der Waals surface area (Å²) in [6.07, 6.45) is 0.915. The molecule has 0 saturated carbocycles. The summed E-state index contributed by atoms with van der Waals surface area (Å²) >= 11 is 0. The monoisotopic (exact) mass is 287 g/mol. The summed E-state index contributed by atoms with van der Waals surface area (Å²) in [5.74, 6) is 0. The molecular formula is C19H13NO2. The third kappa shape index (κ3) is 1.91. The Labute approximate surface area is 128 Å². The lowest BCUT2D eigenvalue weighted by atomic mass is 9.96. The van der Waals surface area contributed by atoms with Crippen molar-refractivity contribution in [3.63, 3.8) is 0 Å². The minimum atomic E-state index is -0.366. The largest absolute Gasteiger partial charge is 0.269 e. The molecule has 22 heavy (non-hydrogen) atoms. The van der Waals surface area contributed by atoms with Crippen LogP contribution < -0.4 is 0 Å². The second-order valence-electron chi connectivity index (χ2n) is 5.47. The normalized spacial score (nSPS) is 11.8. The Morgan fingerprint density at radius 2 is 1.45 bits per heavy atom. The van der Waals surface area contributed by atoms with Gasteiger partial charge in [0, 0.05) is 12.1 Å². The van der Waals surface area contributed by atoms with Gasteiger partial charge in [-0.3, -0.25) is 10.1 Å². The first-order chi connectivity index (χ1) is 10.7. The summed E-state index contributed by atoms with van der Waals surface area (Å²) < 4.78 is 0. The van der Waals surface area contributed by atoms with E-state index in [1.807, 2.05) is 12.1 Å². The van der Waals surface area contributed by atoms with Crippen molar-refractivity contribution >= 4 is 5.69 Å². The van der Waals surface area contributed by atoms with Crippen molar-refractivity contribution in [2.45, 2.75) is 6.42 Å². The molecule has 3 aromatic rings. The van der Waals surface area contributed by atoms with Gasteiger partial charge in [-0.1, -0.05) is 42.5 Å². The predicted molar refractivity (Wildman–Crippen MR) is 86.8 cm³/mol. The molecule has 3 heteroatoms. The van der Waals surface area contributed by atoms with Gasteiger partial charge in [-0.05, 0) is 51.9 Å². The molecule has 0 amide bonds. The molecule has 0 aromatic heterocycles. The van der Waals surface area contributed by atoms with Gasteiger partial charge in [0.15, 0.2) is 0 Å². The smallest absolute Gasteiger partial charge is 0.258 e. The number of hydrogen-bond donors (Lipinski definition) is 0. The van der Waals surface area contributed by atoms with E-state index in [0.29, 0.717) is 0 Å². The molecule has 3 aromatic carbocycles. The number of rotatable bonds is 2. The first-order valence-electron chi connectivity index (χ1n) is 7.19. The third-order valence-corrected chi connectivity index (χ3v) is 4.24. The van der Waals surface area contributed by atoms with Gasteiger partial charge in [0.1, 0.15) is 0 Å². The van der Waals surface area contributed by atoms with Crippen molar-refractivity contribution in [2.24, 2.45) is 0 Å². The lowest BCUT2D eigenvalue weighted by molar-refractivity contribution is -0.384. The van der Waals surface area contributed by atoms with Crippen LogP contribution in [0, 0.1) is 10.1 Å². The van der Waals surface area contributed by atoms with Crippen molar-refractivity contribution in [2.75, 3.05) is 0 Å². The number of hydrogen-bond acceptors (Lipinski definition) is 2. The van der Waals surface area contributed by atoms with Gasteiger partial charge in [-0.15, -0.1) is 0 Å². The maximum Gasteiger partial charge on any atom is 0.269 e. The average Bonchev–Trinajstić information content (AvgIpc) is 2.93. The predicted octanol–water partition coefficient (Wildman–Crippen LogP) is 4.83. The quantitative estimate of drug-likeness (QED) is 0.391. The SMILES string of the molecule is O=[N+]([O-])c1ccc(-c2cccc3c2Cc2ccccc2-3)cc1. The zero-order valence-corrected chi connectivity index (χ0v) is 11.8. The molecule has 0 unspecified atom stereocenters. The van der Waals surface area contributed by atoms with Crippen LogP contribution in [0.3, 0.4) is 0 Å². The van der Waals surface area contributed by atoms with Crippen molar-refractivity contribution in [1.29, 1.82) is 0 Å². The molecule has 0 heterocycles. The van der Waals surface area contributed by atoms with Crippen molar-refractivity contribution in [3.05, 3.63) is 88.0 Å². The Kier molecular flexibility index (Phi) is 2.79. The van der Waals surface area contributed by atoms with Crippen molar-refractivity contribution in [3.8, 4) is 22.3 Å². The van der Waals surface area contributed by atoms with Crippen LogP contribution in [-0.2, 0) is 6.42 Å². The third-order valence-electron chi connectivity index (χ3n) is 4.24. The highest BCUT2D eigenvalue weighted by molar-refractivity contribution is 5.84. The maximum atomic E-state index is 10.8. The lowest BCUT2D eigenvalue weighted by Crippen LogP contribution is -1.90. The first kappa shape index (κ1) is 12.8. The van der Waals surface area contributed by atoms with E-state index < -0.39 is 0 Å². The van der Waals surface area contributed by atoms with E-state index in [1.165, 1.54) is 22.3 Å². The number of benzene rings is 3. The molecule has 0 saturated heterocycles. The van der Waals surface area contributed by atoms with E-state index in [-0.39, 0.29) is 10.6 Å². The van der Waals surface area contributed by atoms with E-state index in [2.05, 4.69) is 42.5 Å². The summed E-state index contributed by atoms with van der Waals surface area (Å²) in [5, 5.41) is 10.8. The van der Waals surface area contributed by atoms with Crippen LogP contribution >= 0.6 is 0 Å². The van der Waals surface area contributed by atoms with Crippen LogP contribution in [0.2, 0.25) is 0 Å². The molecule has 3 nitrogen and oxygen atoms in total. The fourth-order valence-corrected chi connectivity index (χ4v) is 3.19. The molecule has 106 valence electrons. The van der Waals surface area contributed by atoms with Crippen LogP contribution in [0.15, 0.2) is 66.7 Å². The summed E-state index contributed by atoms with van der Waals surface area (Å²) in [5.41, 5.74) is 7.51. The van der Waals surface area contributed by atoms with Crippen LogP contribution in [0.1, 0.15) is 11.1 Å². The van der Waals surface area contributed by atoms with Crippen LogP contribution in [0.5, 0.6) is 0 Å². The highest BCUT2D eigenvalue weighted by Crippen LogP contribution is 2.41. The molecule has 0 aliphatic heterocycles. The number of nitro groups is 1. The van der Waals surface area contributed by atoms with Crippen molar-refractivity contribution < 1.29 is 4.92 Å². The van der Waals surface area contributed by atoms with Crippen LogP contribution in [-0.4, -0.2) is 4.92 Å². The van der Waals surface area contributed by atoms with Gasteiger partial charge in [-0.25, -0.2) is 0 Å². The molecule has 0 fully saturated rings. The van der Waals surface area contributed by atoms with E-state index in [0.717, 1.165) is 17.5 Å². The summed E-state index contributed by atoms with van der Waals surface area (Å²) in [7, 11) is 0. The average molecular weight is 287 g/mol. The second kappa shape index (κ2) is 4.81. The minimum absolute atomic E-state index is 0.125. The number of nitro benzene ring substituents is 1. The summed E-state index contributed by atoms with van der Waals surface area (Å²) in [6.45, 7) is 0. The molecule has 0 radical (unpaired) electrons. The number of non-ortho nitro benzene ring substituents is 1. The van der Waals surface area contributed by atoms with Gasteiger partial charge in [0.2, 0.25) is 0 Å². The highest BCUT2D eigenvalue weighted by Gasteiger charge is 2.21. The van der Waals surface area contributed by atoms with E-state index >= 15 is 0 Å². The molecule has 0 bridgehead atoms. The molecular weight excluding hydrogens is 274 g/mol. The molecule has 0 atom stereocenters. The van der Waals surface area contributed by atoms with Crippen LogP contribution in [0.4, 0.5) is 5.69 Å². The van der Waals surface area contributed by atoms with Crippen molar-refractivity contribution in [1.82, 2.24) is 0 Å². The zero-order valence-electron chi connectivity index (χ0n) is 11.8. The minimum Gasteiger partial charge on any atom is -0.258 e. The Balaban J connectivity index is 1.84. The Morgan fingerprint density at radius 1 is 0.773 bits per heavy atom. The zero-order chi connectivity index (χ0) is 15.1. The second-order valence-corrected chi connectivity index (χ2v) is 5.47. The summed E-state index contributed by atoms with van der Waals surface area (Å²) in [6, 6.07) is 21.5. The first-order valence-corrected chi connectivity index (χ1v) is 7.19. The molecule has 1 aliphatic carbocycles. The molecule has 0 spiro atoms. The Morgan fingerprint density at radius 3 is 2.23 bits per heavy atom. The van der Waals surface area contributed by atoms with Gasteiger partial charge < -0.3 is 0 Å². The van der Waals surface area contributed by atoms with Gasteiger partial charge in [0.05, 0.1) is 4.92 Å². The van der Waals surface area contributed by atoms with Gasteiger partial charge in [-0.2, -0.15) is 0 Å². The van der Waals surface area contributed by atoms with Gasteiger partial charge in [0.25, 0.3) is 5.69 Å². The number of fused-ring (bicyclic) bond motifs is 3. The standard InChI is InChI=1S/C19H13NO2/c21-20(22)15-10-8-13(9-11-15)16-6-3-7-18-17-5-2-1-4-14(17)12-19(16)18/h1-11H,12H2. The number of nitrogens with zero attached hydrogens (tertiary/aromatic N) is 1. The van der Waals surface area contributed by atoms with Crippen LogP contribution in [0.25, 0.3) is 22.3 Å². The Hall–Kier alpha value is -2.94. The fourth-order valence-electron chi connectivity index (χ4n) is 3.19. The van der Waals surface area contributed by atoms with E-state index in [9.17, 15) is 10.1 Å². The molecule has 4 rings (SSSR count). The molecule has 0 N–H and O–H groups in total. The fraction of sp³-hybridized carbons (Fsp3) is 0.0526. The van der Waals surface area contributed by atoms with E-state index in [4.69, 9.17) is 0 Å². The lowest BCUT2D eigenvalue weighted by Gasteiger charge is -2.08. The highest BCUT2D eigenvalue weighted by atomic mass is 16.6. The van der Waals surface area contributed by atoms with E-state index in [1.54, 1.807) is 12.1 Å².